The van der Waals surface area contributed by atoms with Crippen LogP contribution in [0.2, 0.25) is 0 Å². The second-order valence-electron chi connectivity index (χ2n) is 11.8. The average molecular weight is 523 g/mol. The molecule has 9 nitrogen and oxygen atoms in total. The summed E-state index contributed by atoms with van der Waals surface area (Å²) in [6, 6.07) is 5.97. The van der Waals surface area contributed by atoms with Gasteiger partial charge in [0, 0.05) is 35.3 Å². The summed E-state index contributed by atoms with van der Waals surface area (Å²) >= 11 is 0. The quantitative estimate of drug-likeness (QED) is 0.492. The second kappa shape index (κ2) is 10.1. The van der Waals surface area contributed by atoms with E-state index in [0.29, 0.717) is 24.4 Å². The smallest absolute Gasteiger partial charge is 0.271 e. The number of carbonyl (C=O) groups is 4. The van der Waals surface area contributed by atoms with Gasteiger partial charge in [-0.05, 0) is 69.6 Å². The fraction of sp³-hybridized carbons (Fsp3) is 0.586. The Labute approximate surface area is 223 Å². The highest BCUT2D eigenvalue weighted by molar-refractivity contribution is 6.02. The number of ketones is 1. The predicted octanol–water partition coefficient (Wildman–Crippen LogP) is 3.19. The van der Waals surface area contributed by atoms with Crippen LogP contribution in [0.3, 0.4) is 0 Å². The van der Waals surface area contributed by atoms with Gasteiger partial charge >= 0.3 is 0 Å². The molecule has 0 radical (unpaired) electrons. The van der Waals surface area contributed by atoms with Crippen molar-refractivity contribution >= 4 is 34.4 Å². The fourth-order valence-corrected chi connectivity index (χ4v) is 6.87. The molecule has 2 saturated heterocycles. The summed E-state index contributed by atoms with van der Waals surface area (Å²) in [6.45, 7) is 6.20. The summed E-state index contributed by atoms with van der Waals surface area (Å²) in [7, 11) is 1.59. The van der Waals surface area contributed by atoms with Crippen molar-refractivity contribution in [1.29, 1.82) is 0 Å². The molecule has 1 saturated carbocycles. The minimum Gasteiger partial charge on any atom is -0.496 e. The molecule has 5 atom stereocenters. The predicted molar refractivity (Wildman–Crippen MR) is 143 cm³/mol. The summed E-state index contributed by atoms with van der Waals surface area (Å²) in [5, 5.41) is 6.77. The number of aromatic nitrogens is 1. The molecule has 204 valence electrons. The minimum absolute atomic E-state index is 0.0592. The van der Waals surface area contributed by atoms with Crippen molar-refractivity contribution in [2.24, 2.45) is 17.8 Å². The first-order chi connectivity index (χ1) is 18.1. The summed E-state index contributed by atoms with van der Waals surface area (Å²) in [5.41, 5.74) is 0.868. The number of benzene rings is 1. The molecule has 2 aliphatic heterocycles. The molecule has 2 aromatic rings. The number of nitrogens with zero attached hydrogens (tertiary/aromatic N) is 1. The number of likely N-dealkylation sites (tertiary alicyclic amines) is 1. The van der Waals surface area contributed by atoms with Crippen LogP contribution in [0.4, 0.5) is 0 Å². The van der Waals surface area contributed by atoms with Crippen molar-refractivity contribution in [3.8, 4) is 5.75 Å². The number of hydrogen-bond donors (Lipinski definition) is 3. The molecule has 3 aliphatic rings. The third-order valence-corrected chi connectivity index (χ3v) is 8.66. The number of fused-ring (bicyclic) bond motifs is 2. The summed E-state index contributed by atoms with van der Waals surface area (Å²) < 4.78 is 5.45. The van der Waals surface area contributed by atoms with E-state index in [2.05, 4.69) is 15.6 Å². The molecular weight excluding hydrogens is 484 g/mol. The third kappa shape index (κ3) is 4.78. The van der Waals surface area contributed by atoms with Crippen LogP contribution in [-0.4, -0.2) is 64.7 Å². The lowest BCUT2D eigenvalue weighted by Crippen LogP contribution is -2.53. The second-order valence-corrected chi connectivity index (χ2v) is 11.8. The van der Waals surface area contributed by atoms with Gasteiger partial charge in [0.25, 0.3) is 5.91 Å². The van der Waals surface area contributed by atoms with E-state index in [1.165, 1.54) is 0 Å². The van der Waals surface area contributed by atoms with E-state index in [9.17, 15) is 19.2 Å². The van der Waals surface area contributed by atoms with E-state index in [0.717, 1.165) is 30.2 Å². The number of aromatic amines is 1. The number of hydrogen-bond acceptors (Lipinski definition) is 5. The van der Waals surface area contributed by atoms with Crippen LogP contribution in [0.25, 0.3) is 10.9 Å². The molecular formula is C29H38N4O5. The van der Waals surface area contributed by atoms with E-state index in [4.69, 9.17) is 4.74 Å². The molecule has 3 N–H and O–H groups in total. The first kappa shape index (κ1) is 26.3. The molecule has 9 heteroatoms. The average Bonchev–Trinajstić information content (AvgIpc) is 3.64. The Hall–Kier alpha value is -3.36. The van der Waals surface area contributed by atoms with E-state index in [-0.39, 0.29) is 59.6 Å². The van der Waals surface area contributed by atoms with Crippen molar-refractivity contribution in [2.45, 2.75) is 76.9 Å². The SMILES string of the molecule is CCC(=O)C(CC1CC(C)(C)NC1=O)NC(=O)C1C2CCCC2CN1C(=O)c1cc2c(OC)cccc2[nH]1. The molecule has 5 unspecified atom stereocenters. The number of H-pyrrole nitrogens is 1. The lowest BCUT2D eigenvalue weighted by molar-refractivity contribution is -0.132. The van der Waals surface area contributed by atoms with E-state index < -0.39 is 12.1 Å². The van der Waals surface area contributed by atoms with Gasteiger partial charge in [-0.3, -0.25) is 19.2 Å². The zero-order valence-corrected chi connectivity index (χ0v) is 22.6. The highest BCUT2D eigenvalue weighted by atomic mass is 16.5. The standard InChI is InChI=1S/C29H38N4O5/c1-5-23(34)21(12-17-14-29(2,3)32-26(17)35)31-27(36)25-18-9-6-8-16(18)15-33(25)28(37)22-13-19-20(30-22)10-7-11-24(19)38-4/h7,10-11,13,16-18,21,25,30H,5-6,8-9,12,14-15H2,1-4H3,(H,31,36)(H,32,35). The van der Waals surface area contributed by atoms with Gasteiger partial charge in [-0.15, -0.1) is 0 Å². The molecule has 3 heterocycles. The highest BCUT2D eigenvalue weighted by Crippen LogP contribution is 2.43. The van der Waals surface area contributed by atoms with E-state index >= 15 is 0 Å². The van der Waals surface area contributed by atoms with Crippen LogP contribution >= 0.6 is 0 Å². The minimum atomic E-state index is -0.758. The van der Waals surface area contributed by atoms with Gasteiger partial charge in [0.15, 0.2) is 5.78 Å². The molecule has 0 bridgehead atoms. The van der Waals surface area contributed by atoms with Gasteiger partial charge < -0.3 is 25.3 Å². The van der Waals surface area contributed by atoms with E-state index in [1.54, 1.807) is 25.0 Å². The summed E-state index contributed by atoms with van der Waals surface area (Å²) in [5.74, 6) is -0.0604. The zero-order chi connectivity index (χ0) is 27.2. The van der Waals surface area contributed by atoms with E-state index in [1.807, 2.05) is 32.0 Å². The summed E-state index contributed by atoms with van der Waals surface area (Å²) in [6.07, 6.45) is 4.02. The molecule has 0 spiro atoms. The first-order valence-electron chi connectivity index (χ1n) is 13.7. The number of nitrogens with one attached hydrogen (secondary N) is 3. The van der Waals surface area contributed by atoms with Crippen LogP contribution in [0.15, 0.2) is 24.3 Å². The van der Waals surface area contributed by atoms with Gasteiger partial charge in [0.2, 0.25) is 11.8 Å². The molecule has 1 aliphatic carbocycles. The number of ether oxygens (including phenoxy) is 1. The molecule has 3 amide bonds. The lowest BCUT2D eigenvalue weighted by atomic mass is 9.89. The Bertz CT molecular complexity index is 1270. The monoisotopic (exact) mass is 522 g/mol. The van der Waals surface area contributed by atoms with Crippen LogP contribution in [0, 0.1) is 17.8 Å². The zero-order valence-electron chi connectivity index (χ0n) is 22.6. The first-order valence-corrected chi connectivity index (χ1v) is 13.7. The topological polar surface area (TPSA) is 121 Å². The van der Waals surface area contributed by atoms with Crippen molar-refractivity contribution < 1.29 is 23.9 Å². The number of rotatable bonds is 8. The van der Waals surface area contributed by atoms with Gasteiger partial charge in [-0.2, -0.15) is 0 Å². The maximum absolute atomic E-state index is 13.8. The Morgan fingerprint density at radius 1 is 1.24 bits per heavy atom. The van der Waals surface area contributed by atoms with Crippen LogP contribution in [-0.2, 0) is 14.4 Å². The Balaban J connectivity index is 1.38. The Morgan fingerprint density at radius 3 is 2.71 bits per heavy atom. The molecule has 1 aromatic carbocycles. The van der Waals surface area contributed by atoms with Crippen LogP contribution < -0.4 is 15.4 Å². The maximum atomic E-state index is 13.8. The fourth-order valence-electron chi connectivity index (χ4n) is 6.87. The summed E-state index contributed by atoms with van der Waals surface area (Å²) in [4.78, 5) is 57.9. The number of Topliss-reactive ketones (excluding diaryl/α,β-unsaturated/α-hetero) is 1. The molecule has 3 fully saturated rings. The Morgan fingerprint density at radius 2 is 2.03 bits per heavy atom. The normalized spacial score (nSPS) is 26.7. The van der Waals surface area contributed by atoms with Gasteiger partial charge in [0.05, 0.1) is 13.2 Å². The Kier molecular flexibility index (Phi) is 6.96. The number of carbonyl (C=O) groups excluding carboxylic acids is 4. The van der Waals surface area contributed by atoms with Crippen molar-refractivity contribution in [2.75, 3.05) is 13.7 Å². The van der Waals surface area contributed by atoms with Crippen LogP contribution in [0.5, 0.6) is 5.75 Å². The molecule has 1 aromatic heterocycles. The molecule has 5 rings (SSSR count). The van der Waals surface area contributed by atoms with Gasteiger partial charge in [-0.25, -0.2) is 0 Å². The van der Waals surface area contributed by atoms with Gasteiger partial charge in [-0.1, -0.05) is 19.4 Å². The van der Waals surface area contributed by atoms with Gasteiger partial charge in [0.1, 0.15) is 17.5 Å². The van der Waals surface area contributed by atoms with Crippen LogP contribution in [0.1, 0.15) is 69.8 Å². The number of amides is 3. The van der Waals surface area contributed by atoms with Crippen molar-refractivity contribution in [3.05, 3.63) is 30.0 Å². The highest BCUT2D eigenvalue weighted by Gasteiger charge is 2.50. The number of methoxy groups -OCH3 is 1. The largest absolute Gasteiger partial charge is 0.496 e. The van der Waals surface area contributed by atoms with Crippen molar-refractivity contribution in [3.63, 3.8) is 0 Å². The third-order valence-electron chi connectivity index (χ3n) is 8.66. The maximum Gasteiger partial charge on any atom is 0.271 e. The lowest BCUT2D eigenvalue weighted by Gasteiger charge is -2.29. The molecule has 38 heavy (non-hydrogen) atoms. The van der Waals surface area contributed by atoms with Crippen molar-refractivity contribution in [1.82, 2.24) is 20.5 Å².